The van der Waals surface area contributed by atoms with Crippen LogP contribution in [0.25, 0.3) is 0 Å². The van der Waals surface area contributed by atoms with Crippen molar-refractivity contribution in [1.29, 1.82) is 0 Å². The molecular formula is C15H20N2O3. The van der Waals surface area contributed by atoms with Crippen LogP contribution in [0.3, 0.4) is 0 Å². The molecule has 1 saturated carbocycles. The Hall–Kier alpha value is -2.04. The molecule has 20 heavy (non-hydrogen) atoms. The molecule has 0 radical (unpaired) electrons. The Labute approximate surface area is 118 Å². The van der Waals surface area contributed by atoms with E-state index in [-0.39, 0.29) is 24.2 Å². The molecule has 1 aromatic carbocycles. The number of ether oxygens (including phenoxy) is 1. The van der Waals surface area contributed by atoms with Crippen molar-refractivity contribution in [2.45, 2.75) is 19.8 Å². The van der Waals surface area contributed by atoms with Gasteiger partial charge in [-0.05, 0) is 36.6 Å². The Kier molecular flexibility index (Phi) is 4.61. The van der Waals surface area contributed by atoms with Gasteiger partial charge in [-0.25, -0.2) is 0 Å². The van der Waals surface area contributed by atoms with E-state index in [0.29, 0.717) is 12.5 Å². The van der Waals surface area contributed by atoms with Crippen molar-refractivity contribution in [1.82, 2.24) is 5.32 Å². The van der Waals surface area contributed by atoms with Crippen molar-refractivity contribution in [3.8, 4) is 5.75 Å². The van der Waals surface area contributed by atoms with E-state index < -0.39 is 0 Å². The van der Waals surface area contributed by atoms with Crippen molar-refractivity contribution < 1.29 is 14.3 Å². The van der Waals surface area contributed by atoms with Gasteiger partial charge >= 0.3 is 0 Å². The molecule has 0 aliphatic heterocycles. The number of hydrogen-bond acceptors (Lipinski definition) is 3. The van der Waals surface area contributed by atoms with Gasteiger partial charge in [0.1, 0.15) is 5.75 Å². The number of carbonyl (C=O) groups excluding carboxylic acids is 2. The average molecular weight is 276 g/mol. The van der Waals surface area contributed by atoms with Gasteiger partial charge in [-0.2, -0.15) is 0 Å². The molecule has 1 fully saturated rings. The molecule has 2 N–H and O–H groups in total. The number of hydrogen-bond donors (Lipinski definition) is 2. The highest BCUT2D eigenvalue weighted by atomic mass is 16.5. The molecule has 0 spiro atoms. The maximum atomic E-state index is 11.7. The van der Waals surface area contributed by atoms with E-state index in [1.807, 2.05) is 0 Å². The van der Waals surface area contributed by atoms with E-state index in [0.717, 1.165) is 17.9 Å². The summed E-state index contributed by atoms with van der Waals surface area (Å²) in [5.41, 5.74) is 0.720. The van der Waals surface area contributed by atoms with Crippen LogP contribution in [0, 0.1) is 11.8 Å². The second-order valence-corrected chi connectivity index (χ2v) is 5.14. The van der Waals surface area contributed by atoms with Crippen molar-refractivity contribution in [2.24, 2.45) is 11.8 Å². The van der Waals surface area contributed by atoms with Crippen LogP contribution in [0.5, 0.6) is 5.75 Å². The maximum Gasteiger partial charge on any atom is 0.226 e. The van der Waals surface area contributed by atoms with Crippen LogP contribution in [0.1, 0.15) is 19.8 Å². The minimum Gasteiger partial charge on any atom is -0.497 e. The first-order valence-electron chi connectivity index (χ1n) is 6.81. The summed E-state index contributed by atoms with van der Waals surface area (Å²) in [6.07, 6.45) is 1.24. The summed E-state index contributed by atoms with van der Waals surface area (Å²) in [5.74, 6) is 1.34. The molecule has 0 aromatic heterocycles. The summed E-state index contributed by atoms with van der Waals surface area (Å²) in [4.78, 5) is 23.3. The number of carbonyl (C=O) groups is 2. The van der Waals surface area contributed by atoms with Gasteiger partial charge < -0.3 is 15.4 Å². The van der Waals surface area contributed by atoms with Crippen LogP contribution in [0.4, 0.5) is 5.69 Å². The summed E-state index contributed by atoms with van der Waals surface area (Å²) < 4.78 is 5.04. The van der Waals surface area contributed by atoms with E-state index in [9.17, 15) is 9.59 Å². The summed E-state index contributed by atoms with van der Waals surface area (Å²) in [5, 5.41) is 5.56. The van der Waals surface area contributed by atoms with Crippen LogP contribution in [-0.4, -0.2) is 25.5 Å². The number of benzene rings is 1. The normalized spacial score (nSPS) is 20.1. The second kappa shape index (κ2) is 6.41. The second-order valence-electron chi connectivity index (χ2n) is 5.14. The lowest BCUT2D eigenvalue weighted by Crippen LogP contribution is -2.29. The third kappa shape index (κ3) is 3.98. The van der Waals surface area contributed by atoms with E-state index in [4.69, 9.17) is 4.74 Å². The van der Waals surface area contributed by atoms with E-state index in [2.05, 4.69) is 17.6 Å². The number of amides is 2. The summed E-state index contributed by atoms with van der Waals surface area (Å²) in [6.45, 7) is 2.44. The molecule has 2 amide bonds. The Bertz CT molecular complexity index is 484. The van der Waals surface area contributed by atoms with Crippen LogP contribution in [0.15, 0.2) is 24.3 Å². The molecule has 5 nitrogen and oxygen atoms in total. The molecule has 0 unspecified atom stereocenters. The first-order valence-corrected chi connectivity index (χ1v) is 6.81. The van der Waals surface area contributed by atoms with Crippen molar-refractivity contribution in [3.05, 3.63) is 24.3 Å². The van der Waals surface area contributed by atoms with Gasteiger partial charge in [0.2, 0.25) is 11.8 Å². The zero-order valence-corrected chi connectivity index (χ0v) is 11.8. The first kappa shape index (κ1) is 14.4. The lowest BCUT2D eigenvalue weighted by Gasteiger charge is -2.07. The predicted octanol–water partition coefficient (Wildman–Crippen LogP) is 1.80. The number of anilines is 1. The monoisotopic (exact) mass is 276 g/mol. The Morgan fingerprint density at radius 1 is 1.30 bits per heavy atom. The fourth-order valence-corrected chi connectivity index (χ4v) is 2.02. The average Bonchev–Trinajstić information content (AvgIpc) is 3.17. The predicted molar refractivity (Wildman–Crippen MR) is 76.5 cm³/mol. The number of methoxy groups -OCH3 is 1. The molecule has 0 heterocycles. The third-order valence-electron chi connectivity index (χ3n) is 3.47. The molecule has 1 aliphatic rings. The minimum atomic E-state index is -0.112. The lowest BCUT2D eigenvalue weighted by molar-refractivity contribution is -0.122. The minimum absolute atomic E-state index is 0.0646. The molecule has 1 aromatic rings. The highest BCUT2D eigenvalue weighted by molar-refractivity contribution is 5.91. The smallest absolute Gasteiger partial charge is 0.226 e. The van der Waals surface area contributed by atoms with E-state index in [1.165, 1.54) is 0 Å². The summed E-state index contributed by atoms with van der Waals surface area (Å²) in [7, 11) is 1.59. The SMILES string of the molecule is COc1ccc(NC(=O)CCNC(=O)[C@H]2C[C@H]2C)cc1. The summed E-state index contributed by atoms with van der Waals surface area (Å²) in [6, 6.07) is 7.13. The Morgan fingerprint density at radius 3 is 2.50 bits per heavy atom. The van der Waals surface area contributed by atoms with Crippen molar-refractivity contribution >= 4 is 17.5 Å². The number of nitrogens with one attached hydrogen (secondary N) is 2. The zero-order chi connectivity index (χ0) is 14.5. The van der Waals surface area contributed by atoms with Gasteiger partial charge in [0, 0.05) is 24.6 Å². The largest absolute Gasteiger partial charge is 0.497 e. The fraction of sp³-hybridized carbons (Fsp3) is 0.467. The fourth-order valence-electron chi connectivity index (χ4n) is 2.02. The van der Waals surface area contributed by atoms with Crippen LogP contribution in [0.2, 0.25) is 0 Å². The van der Waals surface area contributed by atoms with Gasteiger partial charge in [0.25, 0.3) is 0 Å². The third-order valence-corrected chi connectivity index (χ3v) is 3.47. The van der Waals surface area contributed by atoms with Crippen molar-refractivity contribution in [3.63, 3.8) is 0 Å². The van der Waals surface area contributed by atoms with Gasteiger partial charge in [-0.15, -0.1) is 0 Å². The molecule has 0 bridgehead atoms. The lowest BCUT2D eigenvalue weighted by atomic mass is 10.3. The number of rotatable bonds is 6. The maximum absolute atomic E-state index is 11.7. The zero-order valence-electron chi connectivity index (χ0n) is 11.8. The molecule has 2 rings (SSSR count). The van der Waals surface area contributed by atoms with Crippen LogP contribution < -0.4 is 15.4 Å². The molecule has 1 aliphatic carbocycles. The van der Waals surface area contributed by atoms with Crippen LogP contribution in [-0.2, 0) is 9.59 Å². The standard InChI is InChI=1S/C15H20N2O3/c1-10-9-13(10)15(19)16-8-7-14(18)17-11-3-5-12(20-2)6-4-11/h3-6,10,13H,7-9H2,1-2H3,(H,16,19)(H,17,18)/t10-,13+/m1/s1. The van der Waals surface area contributed by atoms with Gasteiger partial charge in [0.05, 0.1) is 7.11 Å². The highest BCUT2D eigenvalue weighted by Crippen LogP contribution is 2.37. The van der Waals surface area contributed by atoms with Gasteiger partial charge in [-0.3, -0.25) is 9.59 Å². The Balaban J connectivity index is 1.68. The first-order chi connectivity index (χ1) is 9.60. The topological polar surface area (TPSA) is 67.4 Å². The molecular weight excluding hydrogens is 256 g/mol. The summed E-state index contributed by atoms with van der Waals surface area (Å²) >= 11 is 0. The van der Waals surface area contributed by atoms with Gasteiger partial charge in [0.15, 0.2) is 0 Å². The Morgan fingerprint density at radius 2 is 1.95 bits per heavy atom. The molecule has 108 valence electrons. The quantitative estimate of drug-likeness (QED) is 0.832. The van der Waals surface area contributed by atoms with Gasteiger partial charge in [-0.1, -0.05) is 6.92 Å². The molecule has 5 heteroatoms. The molecule has 2 atom stereocenters. The van der Waals surface area contributed by atoms with E-state index >= 15 is 0 Å². The highest BCUT2D eigenvalue weighted by Gasteiger charge is 2.38. The van der Waals surface area contributed by atoms with E-state index in [1.54, 1.807) is 31.4 Å². The molecule has 0 saturated heterocycles. The van der Waals surface area contributed by atoms with Crippen LogP contribution >= 0.6 is 0 Å². The van der Waals surface area contributed by atoms with Crippen molar-refractivity contribution in [2.75, 3.05) is 19.0 Å².